The molecular weight excluding hydrogens is 390 g/mol. The van der Waals surface area contributed by atoms with Crippen molar-refractivity contribution < 1.29 is 22.1 Å². The highest BCUT2D eigenvalue weighted by molar-refractivity contribution is 7.87. The Balaban J connectivity index is 1.55. The van der Waals surface area contributed by atoms with E-state index in [9.17, 15) is 13.2 Å². The van der Waals surface area contributed by atoms with E-state index >= 15 is 0 Å². The predicted molar refractivity (Wildman–Crippen MR) is 108 cm³/mol. The highest BCUT2D eigenvalue weighted by atomic mass is 32.2. The van der Waals surface area contributed by atoms with E-state index in [1.807, 2.05) is 17.0 Å². The Morgan fingerprint density at radius 3 is 2.31 bits per heavy atom. The molecule has 2 aromatic carbocycles. The summed E-state index contributed by atoms with van der Waals surface area (Å²) in [6.45, 7) is 0.369. The van der Waals surface area contributed by atoms with Gasteiger partial charge in [0, 0.05) is 24.1 Å². The van der Waals surface area contributed by atoms with E-state index in [1.165, 1.54) is 19.2 Å². The third-order valence-electron chi connectivity index (χ3n) is 5.59. The first-order valence-electron chi connectivity index (χ1n) is 9.95. The maximum absolute atomic E-state index is 12.8. The van der Waals surface area contributed by atoms with E-state index in [1.54, 1.807) is 24.3 Å². The highest BCUT2D eigenvalue weighted by Crippen LogP contribution is 2.36. The Morgan fingerprint density at radius 2 is 1.72 bits per heavy atom. The monoisotopic (exact) mass is 415 g/mol. The van der Waals surface area contributed by atoms with Gasteiger partial charge in [-0.3, -0.25) is 4.79 Å². The van der Waals surface area contributed by atoms with Crippen LogP contribution in [0.4, 0.5) is 0 Å². The molecule has 0 saturated heterocycles. The van der Waals surface area contributed by atoms with Gasteiger partial charge in [0.2, 0.25) is 5.91 Å². The molecule has 29 heavy (non-hydrogen) atoms. The maximum atomic E-state index is 12.8. The number of methoxy groups -OCH3 is 1. The molecule has 0 radical (unpaired) electrons. The van der Waals surface area contributed by atoms with E-state index in [0.29, 0.717) is 17.9 Å². The van der Waals surface area contributed by atoms with Gasteiger partial charge in [-0.05, 0) is 56.0 Å². The molecule has 0 aliphatic heterocycles. The molecule has 0 aromatic heterocycles. The van der Waals surface area contributed by atoms with Crippen LogP contribution < -0.4 is 8.92 Å². The summed E-state index contributed by atoms with van der Waals surface area (Å²) in [4.78, 5) is 14.8. The van der Waals surface area contributed by atoms with Crippen LogP contribution in [0.25, 0.3) is 0 Å². The molecule has 0 bridgehead atoms. The first-order valence-corrected chi connectivity index (χ1v) is 11.4. The van der Waals surface area contributed by atoms with Crippen molar-refractivity contribution in [1.29, 1.82) is 0 Å². The van der Waals surface area contributed by atoms with Crippen molar-refractivity contribution in [1.82, 2.24) is 4.90 Å². The van der Waals surface area contributed by atoms with Crippen molar-refractivity contribution in [3.63, 3.8) is 0 Å². The van der Waals surface area contributed by atoms with Crippen LogP contribution in [0.1, 0.15) is 37.7 Å². The predicted octanol–water partition coefficient (Wildman–Crippen LogP) is 3.75. The molecule has 0 spiro atoms. The number of carbonyl (C=O) groups is 1. The number of benzene rings is 2. The molecule has 0 unspecified atom stereocenters. The van der Waals surface area contributed by atoms with Crippen molar-refractivity contribution in [2.24, 2.45) is 5.92 Å². The van der Waals surface area contributed by atoms with Gasteiger partial charge in [0.15, 0.2) is 0 Å². The Kier molecular flexibility index (Phi) is 5.50. The molecule has 0 N–H and O–H groups in total. The van der Waals surface area contributed by atoms with Crippen LogP contribution in [-0.2, 0) is 21.5 Å². The van der Waals surface area contributed by atoms with E-state index in [4.69, 9.17) is 8.92 Å². The molecule has 2 aliphatic carbocycles. The summed E-state index contributed by atoms with van der Waals surface area (Å²) in [7, 11) is -2.47. The van der Waals surface area contributed by atoms with Crippen LogP contribution in [0.15, 0.2) is 53.4 Å². The lowest BCUT2D eigenvalue weighted by Gasteiger charge is -2.32. The third kappa shape index (κ3) is 4.40. The number of nitrogens with zero attached hydrogens (tertiary/aromatic N) is 1. The molecule has 2 saturated carbocycles. The average molecular weight is 416 g/mol. The number of para-hydroxylation sites is 1. The Hall–Kier alpha value is -2.54. The fourth-order valence-electron chi connectivity index (χ4n) is 3.47. The lowest BCUT2D eigenvalue weighted by molar-refractivity contribution is -0.139. The molecule has 2 aliphatic rings. The smallest absolute Gasteiger partial charge is 0.339 e. The minimum atomic E-state index is -3.99. The van der Waals surface area contributed by atoms with E-state index < -0.39 is 10.1 Å². The summed E-state index contributed by atoms with van der Waals surface area (Å²) in [6.07, 6.45) is 5.02. The molecule has 2 aromatic rings. The maximum Gasteiger partial charge on any atom is 0.339 e. The zero-order chi connectivity index (χ0) is 20.4. The molecule has 0 heterocycles. The Bertz CT molecular complexity index is 979. The van der Waals surface area contributed by atoms with Crippen LogP contribution in [0, 0.1) is 5.92 Å². The molecule has 154 valence electrons. The quantitative estimate of drug-likeness (QED) is 0.614. The second-order valence-electron chi connectivity index (χ2n) is 7.65. The number of hydrogen-bond acceptors (Lipinski definition) is 5. The molecule has 7 heteroatoms. The van der Waals surface area contributed by atoms with E-state index in [0.717, 1.165) is 32.1 Å². The minimum Gasteiger partial charge on any atom is -0.497 e. The minimum absolute atomic E-state index is 0.0534. The number of carbonyl (C=O) groups excluding carboxylic acids is 1. The van der Waals surface area contributed by atoms with Crippen LogP contribution in [0.3, 0.4) is 0 Å². The second kappa shape index (κ2) is 8.06. The first-order chi connectivity index (χ1) is 14.0. The molecule has 2 fully saturated rings. The Labute approximate surface area is 171 Å². The van der Waals surface area contributed by atoms with Crippen molar-refractivity contribution in [3.05, 3.63) is 54.1 Å². The molecule has 6 nitrogen and oxygen atoms in total. The number of amides is 1. The summed E-state index contributed by atoms with van der Waals surface area (Å²) < 4.78 is 36.0. The zero-order valence-corrected chi connectivity index (χ0v) is 17.2. The van der Waals surface area contributed by atoms with Crippen LogP contribution in [0.2, 0.25) is 0 Å². The molecule has 4 rings (SSSR count). The lowest BCUT2D eigenvalue weighted by Crippen LogP contribution is -2.40. The number of hydrogen-bond donors (Lipinski definition) is 0. The van der Waals surface area contributed by atoms with Gasteiger partial charge in [0.1, 0.15) is 16.4 Å². The number of ether oxygens (including phenoxy) is 1. The molecule has 0 atom stereocenters. The second-order valence-corrected chi connectivity index (χ2v) is 9.19. The largest absolute Gasteiger partial charge is 0.497 e. The topological polar surface area (TPSA) is 72.9 Å². The summed E-state index contributed by atoms with van der Waals surface area (Å²) >= 11 is 0. The molecular formula is C22H25NO5S. The summed E-state index contributed by atoms with van der Waals surface area (Å²) in [5.41, 5.74) is 0.698. The van der Waals surface area contributed by atoms with Gasteiger partial charge in [-0.2, -0.15) is 8.42 Å². The van der Waals surface area contributed by atoms with Crippen LogP contribution >= 0.6 is 0 Å². The average Bonchev–Trinajstić information content (AvgIpc) is 3.50. The van der Waals surface area contributed by atoms with Gasteiger partial charge in [0.25, 0.3) is 0 Å². The Morgan fingerprint density at radius 1 is 1.03 bits per heavy atom. The lowest BCUT2D eigenvalue weighted by atomic mass is 9.84. The van der Waals surface area contributed by atoms with Gasteiger partial charge >= 0.3 is 10.1 Å². The third-order valence-corrected chi connectivity index (χ3v) is 6.83. The first kappa shape index (κ1) is 19.8. The number of rotatable bonds is 8. The van der Waals surface area contributed by atoms with Gasteiger partial charge < -0.3 is 13.8 Å². The van der Waals surface area contributed by atoms with Crippen LogP contribution in [-0.4, -0.2) is 32.4 Å². The van der Waals surface area contributed by atoms with E-state index in [-0.39, 0.29) is 28.5 Å². The zero-order valence-electron chi connectivity index (χ0n) is 16.4. The normalized spacial score (nSPS) is 16.7. The van der Waals surface area contributed by atoms with Gasteiger partial charge in [0.05, 0.1) is 7.11 Å². The van der Waals surface area contributed by atoms with Crippen molar-refractivity contribution in [3.8, 4) is 11.5 Å². The highest BCUT2D eigenvalue weighted by Gasteiger charge is 2.38. The fraction of sp³-hybridized carbons (Fsp3) is 0.409. The fourth-order valence-corrected chi connectivity index (χ4v) is 4.44. The summed E-state index contributed by atoms with van der Waals surface area (Å²) in [5.74, 6) is 1.13. The standard InChI is InChI=1S/C22H25NO5S/c1-27-19-11-13-20(14-12-19)29(25,26)28-21-8-3-2-5-17(21)15-23(18-9-10-18)22(24)16-6-4-7-16/h2-3,5,8,11-14,16,18H,4,6-7,9-10,15H2,1H3. The van der Waals surface area contributed by atoms with Crippen molar-refractivity contribution >= 4 is 16.0 Å². The SMILES string of the molecule is COc1ccc(S(=O)(=O)Oc2ccccc2CN(C(=O)C2CCC2)C2CC2)cc1. The summed E-state index contributed by atoms with van der Waals surface area (Å²) in [6, 6.07) is 13.3. The van der Waals surface area contributed by atoms with Crippen molar-refractivity contribution in [2.45, 2.75) is 49.6 Å². The summed E-state index contributed by atoms with van der Waals surface area (Å²) in [5, 5.41) is 0. The van der Waals surface area contributed by atoms with Crippen molar-refractivity contribution in [2.75, 3.05) is 7.11 Å². The van der Waals surface area contributed by atoms with Gasteiger partial charge in [-0.15, -0.1) is 0 Å². The van der Waals surface area contributed by atoms with E-state index in [2.05, 4.69) is 0 Å². The molecule has 1 amide bonds. The van der Waals surface area contributed by atoms with Gasteiger partial charge in [-0.25, -0.2) is 0 Å². The van der Waals surface area contributed by atoms with Crippen LogP contribution in [0.5, 0.6) is 11.5 Å². The van der Waals surface area contributed by atoms with Gasteiger partial charge in [-0.1, -0.05) is 24.6 Å².